The zero-order valence-electron chi connectivity index (χ0n) is 9.32. The van der Waals surface area contributed by atoms with Gasteiger partial charge < -0.3 is 5.11 Å². The summed E-state index contributed by atoms with van der Waals surface area (Å²) >= 11 is 1.82. The molecule has 0 bridgehead atoms. The second-order valence-corrected chi connectivity index (χ2v) is 6.37. The van der Waals surface area contributed by atoms with Crippen molar-refractivity contribution in [3.05, 3.63) is 0 Å². The monoisotopic (exact) mass is 229 g/mol. The lowest BCUT2D eigenvalue weighted by molar-refractivity contribution is -0.139. The Hall–Kier alpha value is -0.220. The molecule has 0 aromatic carbocycles. The first-order chi connectivity index (χ1) is 7.03. The minimum atomic E-state index is -0.704. The number of hydrogen-bond donors (Lipinski definition) is 2. The van der Waals surface area contributed by atoms with E-state index in [2.05, 4.69) is 19.2 Å². The van der Waals surface area contributed by atoms with Crippen LogP contribution in [-0.4, -0.2) is 27.7 Å². The van der Waals surface area contributed by atoms with Gasteiger partial charge in [-0.25, -0.2) is 0 Å². The summed E-state index contributed by atoms with van der Waals surface area (Å²) in [6.45, 7) is 4.54. The molecule has 1 aliphatic heterocycles. The number of carbonyl (C=O) groups is 1. The van der Waals surface area contributed by atoms with Gasteiger partial charge in [-0.1, -0.05) is 13.8 Å². The number of thioether (sulfide) groups is 1. The lowest BCUT2D eigenvalue weighted by Crippen LogP contribution is -2.51. The standard InChI is InChI=1S/C11H19NO2S/c1-7-3-4-11(8(2)5-7)12-9(6-15-11)10(13)14/h7-9,12H,3-6H2,1-2H3,(H,13,14). The molecule has 0 aromatic rings. The molecule has 1 heterocycles. The molecule has 4 heteroatoms. The number of aliphatic carboxylic acids is 1. The maximum Gasteiger partial charge on any atom is 0.321 e. The molecular weight excluding hydrogens is 210 g/mol. The van der Waals surface area contributed by atoms with E-state index in [-0.39, 0.29) is 10.9 Å². The lowest BCUT2D eigenvalue weighted by Gasteiger charge is -2.41. The number of carboxylic acid groups (broad SMARTS) is 1. The number of nitrogens with one attached hydrogen (secondary N) is 1. The van der Waals surface area contributed by atoms with Crippen LogP contribution in [0.2, 0.25) is 0 Å². The Morgan fingerprint density at radius 3 is 2.80 bits per heavy atom. The molecule has 2 rings (SSSR count). The molecule has 0 aromatic heterocycles. The summed E-state index contributed by atoms with van der Waals surface area (Å²) in [6, 6.07) is -0.342. The summed E-state index contributed by atoms with van der Waals surface area (Å²) in [5.74, 6) is 1.38. The van der Waals surface area contributed by atoms with Crippen molar-refractivity contribution in [2.75, 3.05) is 5.75 Å². The largest absolute Gasteiger partial charge is 0.480 e. The topological polar surface area (TPSA) is 49.3 Å². The van der Waals surface area contributed by atoms with Crippen LogP contribution in [0.4, 0.5) is 0 Å². The van der Waals surface area contributed by atoms with E-state index in [0.717, 1.165) is 12.3 Å². The van der Waals surface area contributed by atoms with E-state index >= 15 is 0 Å². The number of carboxylic acids is 1. The molecule has 4 unspecified atom stereocenters. The first-order valence-electron chi connectivity index (χ1n) is 5.68. The van der Waals surface area contributed by atoms with E-state index < -0.39 is 5.97 Å². The van der Waals surface area contributed by atoms with Crippen LogP contribution in [0.5, 0.6) is 0 Å². The Morgan fingerprint density at radius 2 is 2.27 bits per heavy atom. The molecule has 15 heavy (non-hydrogen) atoms. The minimum Gasteiger partial charge on any atom is -0.480 e. The highest BCUT2D eigenvalue weighted by Crippen LogP contribution is 2.47. The number of rotatable bonds is 1. The maximum absolute atomic E-state index is 10.9. The van der Waals surface area contributed by atoms with Crippen LogP contribution in [0.3, 0.4) is 0 Å². The summed E-state index contributed by atoms with van der Waals surface area (Å²) < 4.78 is 0. The Balaban J connectivity index is 2.06. The molecule has 2 N–H and O–H groups in total. The van der Waals surface area contributed by atoms with E-state index in [1.807, 2.05) is 11.8 Å². The number of hydrogen-bond acceptors (Lipinski definition) is 3. The van der Waals surface area contributed by atoms with Crippen molar-refractivity contribution in [3.8, 4) is 0 Å². The molecular formula is C11H19NO2S. The van der Waals surface area contributed by atoms with Crippen molar-refractivity contribution in [2.45, 2.75) is 44.0 Å². The predicted octanol–water partition coefficient (Wildman–Crippen LogP) is 1.93. The van der Waals surface area contributed by atoms with Crippen molar-refractivity contribution in [2.24, 2.45) is 11.8 Å². The van der Waals surface area contributed by atoms with Gasteiger partial charge in [-0.3, -0.25) is 10.1 Å². The van der Waals surface area contributed by atoms with Crippen LogP contribution < -0.4 is 5.32 Å². The maximum atomic E-state index is 10.9. The molecule has 86 valence electrons. The lowest BCUT2D eigenvalue weighted by atomic mass is 9.79. The highest BCUT2D eigenvalue weighted by molar-refractivity contribution is 8.01. The Kier molecular flexibility index (Phi) is 2.99. The SMILES string of the molecule is CC1CCC2(NC(C(=O)O)CS2)C(C)C1. The Morgan fingerprint density at radius 1 is 1.53 bits per heavy atom. The Bertz CT molecular complexity index is 271. The Labute approximate surface area is 95.0 Å². The van der Waals surface area contributed by atoms with Crippen LogP contribution in [0.1, 0.15) is 33.1 Å². The van der Waals surface area contributed by atoms with E-state index in [0.29, 0.717) is 11.7 Å². The summed E-state index contributed by atoms with van der Waals surface area (Å²) in [6.07, 6.45) is 3.55. The van der Waals surface area contributed by atoms with Gasteiger partial charge in [0.05, 0.1) is 4.87 Å². The summed E-state index contributed by atoms with van der Waals surface area (Å²) in [4.78, 5) is 11.0. The van der Waals surface area contributed by atoms with E-state index in [9.17, 15) is 4.79 Å². The molecule has 3 nitrogen and oxygen atoms in total. The molecule has 0 radical (unpaired) electrons. The smallest absolute Gasteiger partial charge is 0.321 e. The van der Waals surface area contributed by atoms with Crippen molar-refractivity contribution in [1.82, 2.24) is 5.32 Å². The van der Waals surface area contributed by atoms with Crippen molar-refractivity contribution in [3.63, 3.8) is 0 Å². The van der Waals surface area contributed by atoms with Gasteiger partial charge in [0.1, 0.15) is 6.04 Å². The van der Waals surface area contributed by atoms with Crippen LogP contribution >= 0.6 is 11.8 Å². The normalized spacial score (nSPS) is 45.9. The summed E-state index contributed by atoms with van der Waals surface area (Å²) in [5.41, 5.74) is 0. The predicted molar refractivity (Wildman–Crippen MR) is 61.9 cm³/mol. The first kappa shape index (κ1) is 11.3. The second kappa shape index (κ2) is 3.98. The van der Waals surface area contributed by atoms with Crippen LogP contribution in [-0.2, 0) is 4.79 Å². The highest BCUT2D eigenvalue weighted by atomic mass is 32.2. The van der Waals surface area contributed by atoms with Crippen LogP contribution in [0.25, 0.3) is 0 Å². The van der Waals surface area contributed by atoms with Gasteiger partial charge in [0.15, 0.2) is 0 Å². The average Bonchev–Trinajstić information content (AvgIpc) is 2.58. The molecule has 1 saturated carbocycles. The molecule has 1 saturated heterocycles. The van der Waals surface area contributed by atoms with Gasteiger partial charge in [-0.2, -0.15) is 0 Å². The fourth-order valence-corrected chi connectivity index (χ4v) is 4.35. The van der Waals surface area contributed by atoms with Crippen LogP contribution in [0.15, 0.2) is 0 Å². The molecule has 2 aliphatic rings. The first-order valence-corrected chi connectivity index (χ1v) is 6.66. The van der Waals surface area contributed by atoms with Gasteiger partial charge >= 0.3 is 5.97 Å². The highest BCUT2D eigenvalue weighted by Gasteiger charge is 2.47. The zero-order valence-corrected chi connectivity index (χ0v) is 10.1. The van der Waals surface area contributed by atoms with Gasteiger partial charge in [-0.15, -0.1) is 11.8 Å². The average molecular weight is 229 g/mol. The third-order valence-electron chi connectivity index (χ3n) is 3.78. The quantitative estimate of drug-likeness (QED) is 0.721. The third-order valence-corrected chi connectivity index (χ3v) is 5.52. The fourth-order valence-electron chi connectivity index (χ4n) is 2.79. The van der Waals surface area contributed by atoms with Crippen LogP contribution in [0, 0.1) is 11.8 Å². The van der Waals surface area contributed by atoms with E-state index in [1.165, 1.54) is 12.8 Å². The van der Waals surface area contributed by atoms with Gasteiger partial charge in [0, 0.05) is 5.75 Å². The van der Waals surface area contributed by atoms with Crippen molar-refractivity contribution >= 4 is 17.7 Å². The van der Waals surface area contributed by atoms with E-state index in [4.69, 9.17) is 5.11 Å². The minimum absolute atomic E-state index is 0.0512. The van der Waals surface area contributed by atoms with Gasteiger partial charge in [0.25, 0.3) is 0 Å². The summed E-state index contributed by atoms with van der Waals surface area (Å²) in [7, 11) is 0. The molecule has 4 atom stereocenters. The zero-order chi connectivity index (χ0) is 11.1. The second-order valence-electron chi connectivity index (χ2n) is 5.02. The summed E-state index contributed by atoms with van der Waals surface area (Å²) in [5, 5.41) is 12.3. The van der Waals surface area contributed by atoms with Crippen molar-refractivity contribution < 1.29 is 9.90 Å². The van der Waals surface area contributed by atoms with Crippen molar-refractivity contribution in [1.29, 1.82) is 0 Å². The molecule has 0 amide bonds. The van der Waals surface area contributed by atoms with E-state index in [1.54, 1.807) is 0 Å². The molecule has 1 aliphatic carbocycles. The fraction of sp³-hybridized carbons (Fsp3) is 0.909. The van der Waals surface area contributed by atoms with Gasteiger partial charge in [-0.05, 0) is 31.1 Å². The third kappa shape index (κ3) is 2.02. The van der Waals surface area contributed by atoms with Gasteiger partial charge in [0.2, 0.25) is 0 Å². The molecule has 2 fully saturated rings. The molecule has 1 spiro atoms.